The maximum Gasteiger partial charge on any atom is 0.417 e. The lowest BCUT2D eigenvalue weighted by Crippen LogP contribution is -2.23. The van der Waals surface area contributed by atoms with Crippen LogP contribution in [0.15, 0.2) is 27.4 Å². The van der Waals surface area contributed by atoms with Crippen LogP contribution in [0.25, 0.3) is 11.1 Å². The number of oxazole rings is 1. The molecule has 1 heterocycles. The van der Waals surface area contributed by atoms with Gasteiger partial charge in [-0.15, -0.1) is 0 Å². The molecule has 1 aromatic heterocycles. The summed E-state index contributed by atoms with van der Waals surface area (Å²) in [5, 5.41) is 10.7. The van der Waals surface area contributed by atoms with Crippen LogP contribution in [0.4, 0.5) is 0 Å². The van der Waals surface area contributed by atoms with Crippen LogP contribution in [0, 0.1) is 11.3 Å². The Morgan fingerprint density at radius 3 is 3.12 bits per heavy atom. The molecule has 0 saturated heterocycles. The second-order valence-electron chi connectivity index (χ2n) is 3.46. The van der Waals surface area contributed by atoms with Gasteiger partial charge in [-0.25, -0.2) is 4.79 Å². The monoisotopic (exact) mass is 231 g/mol. The molecular formula is C11H9N3O3. The standard InChI is InChI=1S/C11H9N3O3/c12-6-10(15)13-4-3-7-1-2-9-8(5-7)14-11(16)17-9/h1-2,5H,3-4H2,(H,13,15)(H,14,16). The molecule has 2 rings (SSSR count). The molecule has 0 aliphatic rings. The first-order valence-electron chi connectivity index (χ1n) is 4.99. The number of nitrogens with one attached hydrogen (secondary N) is 2. The summed E-state index contributed by atoms with van der Waals surface area (Å²) in [6.45, 7) is 0.375. The highest BCUT2D eigenvalue weighted by Gasteiger charge is 2.02. The third-order valence-electron chi connectivity index (χ3n) is 2.28. The van der Waals surface area contributed by atoms with Crippen molar-refractivity contribution >= 4 is 17.0 Å². The van der Waals surface area contributed by atoms with Crippen molar-refractivity contribution in [2.45, 2.75) is 6.42 Å². The van der Waals surface area contributed by atoms with E-state index in [1.807, 2.05) is 0 Å². The van der Waals surface area contributed by atoms with Gasteiger partial charge >= 0.3 is 11.7 Å². The number of hydrogen-bond acceptors (Lipinski definition) is 4. The topological polar surface area (TPSA) is 98.9 Å². The average Bonchev–Trinajstić information content (AvgIpc) is 2.68. The SMILES string of the molecule is N#CC(=O)NCCc1ccc2oc(=O)[nH]c2c1. The Kier molecular flexibility index (Phi) is 2.92. The van der Waals surface area contributed by atoms with Gasteiger partial charge in [0, 0.05) is 6.54 Å². The predicted molar refractivity (Wildman–Crippen MR) is 59.2 cm³/mol. The number of nitriles is 1. The van der Waals surface area contributed by atoms with E-state index in [1.54, 1.807) is 18.2 Å². The zero-order valence-electron chi connectivity index (χ0n) is 8.82. The molecule has 0 unspecified atom stereocenters. The van der Waals surface area contributed by atoms with E-state index in [9.17, 15) is 9.59 Å². The molecule has 0 spiro atoms. The molecule has 1 aromatic carbocycles. The molecule has 6 heteroatoms. The lowest BCUT2D eigenvalue weighted by molar-refractivity contribution is -0.115. The van der Waals surface area contributed by atoms with Crippen LogP contribution in [-0.4, -0.2) is 17.4 Å². The van der Waals surface area contributed by atoms with E-state index in [4.69, 9.17) is 9.68 Å². The molecule has 2 aromatic rings. The van der Waals surface area contributed by atoms with Gasteiger partial charge in [-0.2, -0.15) is 5.26 Å². The lowest BCUT2D eigenvalue weighted by Gasteiger charge is -2.00. The largest absolute Gasteiger partial charge is 0.417 e. The van der Waals surface area contributed by atoms with Gasteiger partial charge in [0.15, 0.2) is 11.7 Å². The number of aromatic nitrogens is 1. The van der Waals surface area contributed by atoms with E-state index in [0.29, 0.717) is 24.1 Å². The Morgan fingerprint density at radius 2 is 2.35 bits per heavy atom. The van der Waals surface area contributed by atoms with Crippen LogP contribution in [-0.2, 0) is 11.2 Å². The number of carbonyl (C=O) groups excluding carboxylic acids is 1. The summed E-state index contributed by atoms with van der Waals surface area (Å²) in [6, 6.07) is 6.74. The number of benzene rings is 1. The van der Waals surface area contributed by atoms with E-state index in [1.165, 1.54) is 6.07 Å². The molecule has 0 aliphatic heterocycles. The molecule has 0 atom stereocenters. The van der Waals surface area contributed by atoms with Gasteiger partial charge in [-0.1, -0.05) is 6.07 Å². The van der Waals surface area contributed by atoms with Gasteiger partial charge in [0.05, 0.1) is 5.52 Å². The smallest absolute Gasteiger partial charge is 0.408 e. The van der Waals surface area contributed by atoms with Crippen molar-refractivity contribution in [3.05, 3.63) is 34.3 Å². The second-order valence-corrected chi connectivity index (χ2v) is 3.46. The average molecular weight is 231 g/mol. The molecule has 0 radical (unpaired) electrons. The van der Waals surface area contributed by atoms with Crippen molar-refractivity contribution in [1.82, 2.24) is 10.3 Å². The summed E-state index contributed by atoms with van der Waals surface area (Å²) < 4.78 is 4.86. The highest BCUT2D eigenvalue weighted by atomic mass is 16.4. The van der Waals surface area contributed by atoms with Gasteiger partial charge in [-0.3, -0.25) is 9.78 Å². The number of aromatic amines is 1. The van der Waals surface area contributed by atoms with E-state index in [2.05, 4.69) is 10.3 Å². The summed E-state index contributed by atoms with van der Waals surface area (Å²) in [6.07, 6.45) is 0.580. The quantitative estimate of drug-likeness (QED) is 0.742. The summed E-state index contributed by atoms with van der Waals surface area (Å²) in [4.78, 5) is 24.2. The number of carbonyl (C=O) groups is 1. The van der Waals surface area contributed by atoms with Crippen LogP contribution in [0.3, 0.4) is 0 Å². The van der Waals surface area contributed by atoms with Crippen LogP contribution in [0.2, 0.25) is 0 Å². The molecule has 0 bridgehead atoms. The molecule has 1 amide bonds. The highest BCUT2D eigenvalue weighted by molar-refractivity contribution is 5.91. The Balaban J connectivity index is 2.07. The van der Waals surface area contributed by atoms with Crippen molar-refractivity contribution in [3.8, 4) is 6.07 Å². The molecule has 6 nitrogen and oxygen atoms in total. The summed E-state index contributed by atoms with van der Waals surface area (Å²) in [7, 11) is 0. The zero-order valence-corrected chi connectivity index (χ0v) is 8.82. The molecule has 0 aliphatic carbocycles. The number of rotatable bonds is 3. The van der Waals surface area contributed by atoms with Crippen molar-refractivity contribution < 1.29 is 9.21 Å². The van der Waals surface area contributed by atoms with E-state index in [0.717, 1.165) is 5.56 Å². The van der Waals surface area contributed by atoms with E-state index < -0.39 is 11.7 Å². The third kappa shape index (κ3) is 2.52. The minimum atomic E-state index is -0.650. The van der Waals surface area contributed by atoms with Crippen LogP contribution >= 0.6 is 0 Å². The molecule has 86 valence electrons. The summed E-state index contributed by atoms with van der Waals surface area (Å²) >= 11 is 0. The first-order valence-corrected chi connectivity index (χ1v) is 4.99. The van der Waals surface area contributed by atoms with Crippen LogP contribution in [0.1, 0.15) is 5.56 Å². The highest BCUT2D eigenvalue weighted by Crippen LogP contribution is 2.12. The molecule has 17 heavy (non-hydrogen) atoms. The second kappa shape index (κ2) is 4.53. The fourth-order valence-electron chi connectivity index (χ4n) is 1.51. The molecule has 0 saturated carbocycles. The van der Waals surface area contributed by atoms with Crippen molar-refractivity contribution in [2.75, 3.05) is 6.54 Å². The number of amides is 1. The Labute approximate surface area is 95.9 Å². The van der Waals surface area contributed by atoms with Gasteiger partial charge in [0.1, 0.15) is 0 Å². The summed E-state index contributed by atoms with van der Waals surface area (Å²) in [5.74, 6) is -1.14. The normalized spacial score (nSPS) is 10.1. The Morgan fingerprint density at radius 1 is 1.53 bits per heavy atom. The van der Waals surface area contributed by atoms with Gasteiger partial charge in [-0.05, 0) is 24.1 Å². The van der Waals surface area contributed by atoms with Crippen LogP contribution in [0.5, 0.6) is 0 Å². The fourth-order valence-corrected chi connectivity index (χ4v) is 1.51. The fraction of sp³-hybridized carbons (Fsp3) is 0.182. The number of fused-ring (bicyclic) bond motifs is 1. The minimum Gasteiger partial charge on any atom is -0.408 e. The number of hydrogen-bond donors (Lipinski definition) is 2. The number of nitrogens with zero attached hydrogens (tertiary/aromatic N) is 1. The van der Waals surface area contributed by atoms with Crippen LogP contribution < -0.4 is 11.1 Å². The molecule has 0 fully saturated rings. The maximum atomic E-state index is 10.9. The molecule has 2 N–H and O–H groups in total. The van der Waals surface area contributed by atoms with Gasteiger partial charge < -0.3 is 9.73 Å². The zero-order chi connectivity index (χ0) is 12.3. The Hall–Kier alpha value is -2.55. The summed E-state index contributed by atoms with van der Waals surface area (Å²) in [5.41, 5.74) is 2.06. The van der Waals surface area contributed by atoms with Crippen molar-refractivity contribution in [1.29, 1.82) is 5.26 Å². The van der Waals surface area contributed by atoms with E-state index >= 15 is 0 Å². The van der Waals surface area contributed by atoms with Crippen molar-refractivity contribution in [3.63, 3.8) is 0 Å². The third-order valence-corrected chi connectivity index (χ3v) is 2.28. The van der Waals surface area contributed by atoms with Crippen molar-refractivity contribution in [2.24, 2.45) is 0 Å². The first-order chi connectivity index (χ1) is 8.19. The van der Waals surface area contributed by atoms with Gasteiger partial charge in [0.2, 0.25) is 0 Å². The maximum absolute atomic E-state index is 10.9. The minimum absolute atomic E-state index is 0.375. The van der Waals surface area contributed by atoms with Gasteiger partial charge in [0.25, 0.3) is 0 Å². The lowest BCUT2D eigenvalue weighted by atomic mass is 10.1. The molecular weight excluding hydrogens is 222 g/mol. The number of H-pyrrole nitrogens is 1. The predicted octanol–water partition coefficient (Wildman–Crippen LogP) is 0.303. The first kappa shape index (κ1) is 11.0. The Bertz CT molecular complexity index is 648. The van der Waals surface area contributed by atoms with E-state index in [-0.39, 0.29) is 0 Å².